The minimum Gasteiger partial charge on any atom is -0.481 e. The van der Waals surface area contributed by atoms with Crippen molar-refractivity contribution in [3.05, 3.63) is 57.0 Å². The summed E-state index contributed by atoms with van der Waals surface area (Å²) < 4.78 is 5.20. The average Bonchev–Trinajstić information content (AvgIpc) is 3.09. The summed E-state index contributed by atoms with van der Waals surface area (Å²) in [7, 11) is 0. The third-order valence-electron chi connectivity index (χ3n) is 4.00. The van der Waals surface area contributed by atoms with E-state index in [9.17, 15) is 19.7 Å². The van der Waals surface area contributed by atoms with Crippen molar-refractivity contribution in [2.45, 2.75) is 19.8 Å². The summed E-state index contributed by atoms with van der Waals surface area (Å²) in [6.45, 7) is 2.04. The molecule has 1 amide bonds. The molecule has 1 N–H and O–H groups in total. The number of aryl methyl sites for hydroxylation is 1. The van der Waals surface area contributed by atoms with Crippen molar-refractivity contribution in [2.75, 3.05) is 11.4 Å². The maximum atomic E-state index is 12.9. The lowest BCUT2D eigenvalue weighted by Gasteiger charge is -2.17. The summed E-state index contributed by atoms with van der Waals surface area (Å²) in [5, 5.41) is 19.9. The number of hydrogen-bond donors (Lipinski definition) is 1. The molecule has 0 atom stereocenters. The van der Waals surface area contributed by atoms with Gasteiger partial charge in [0.1, 0.15) is 12.2 Å². The van der Waals surface area contributed by atoms with Gasteiger partial charge in [-0.25, -0.2) is 0 Å². The zero-order valence-corrected chi connectivity index (χ0v) is 12.8. The van der Waals surface area contributed by atoms with Crippen LogP contribution in [0.1, 0.15) is 27.2 Å². The molecule has 124 valence electrons. The number of carbonyl (C=O) groups excluding carboxylic acids is 1. The maximum absolute atomic E-state index is 12.9. The Morgan fingerprint density at radius 1 is 1.42 bits per heavy atom. The Bertz CT molecular complexity index is 854. The largest absolute Gasteiger partial charge is 0.481 e. The normalized spacial score (nSPS) is 13.0. The van der Waals surface area contributed by atoms with Gasteiger partial charge in [0.05, 0.1) is 22.4 Å². The molecule has 1 aromatic heterocycles. The maximum Gasteiger partial charge on any atom is 0.311 e. The first-order chi connectivity index (χ1) is 11.4. The van der Waals surface area contributed by atoms with Crippen LogP contribution in [0.5, 0.6) is 0 Å². The van der Waals surface area contributed by atoms with Gasteiger partial charge < -0.3 is 14.4 Å². The molecule has 0 saturated carbocycles. The Morgan fingerprint density at radius 2 is 2.17 bits per heavy atom. The third kappa shape index (κ3) is 2.62. The number of furan rings is 1. The summed E-state index contributed by atoms with van der Waals surface area (Å²) in [6, 6.07) is 4.42. The molecule has 0 aliphatic carbocycles. The first-order valence-electron chi connectivity index (χ1n) is 7.26. The number of rotatable bonds is 4. The zero-order valence-electron chi connectivity index (χ0n) is 12.8. The topological polar surface area (TPSA) is 114 Å². The van der Waals surface area contributed by atoms with E-state index in [2.05, 4.69) is 0 Å². The summed E-state index contributed by atoms with van der Waals surface area (Å²) in [5.41, 5.74) is 1.97. The molecule has 3 rings (SSSR count). The molecule has 24 heavy (non-hydrogen) atoms. The van der Waals surface area contributed by atoms with Crippen molar-refractivity contribution in [1.29, 1.82) is 0 Å². The number of fused-ring (bicyclic) bond motifs is 1. The minimum absolute atomic E-state index is 0.0869. The van der Waals surface area contributed by atoms with Crippen LogP contribution in [-0.2, 0) is 17.6 Å². The lowest BCUT2D eigenvalue weighted by molar-refractivity contribution is -0.384. The number of anilines is 1. The molecule has 0 saturated heterocycles. The summed E-state index contributed by atoms with van der Waals surface area (Å²) >= 11 is 0. The number of nitro groups is 1. The number of carboxylic acids is 1. The van der Waals surface area contributed by atoms with Gasteiger partial charge in [-0.1, -0.05) is 6.07 Å². The first kappa shape index (κ1) is 15.7. The van der Waals surface area contributed by atoms with Gasteiger partial charge >= 0.3 is 5.97 Å². The van der Waals surface area contributed by atoms with Crippen molar-refractivity contribution in [3.8, 4) is 0 Å². The van der Waals surface area contributed by atoms with Gasteiger partial charge in [-0.3, -0.25) is 19.7 Å². The van der Waals surface area contributed by atoms with Crippen LogP contribution in [0, 0.1) is 17.0 Å². The van der Waals surface area contributed by atoms with Crippen molar-refractivity contribution in [1.82, 2.24) is 0 Å². The second kappa shape index (κ2) is 5.80. The highest BCUT2D eigenvalue weighted by Crippen LogP contribution is 2.33. The van der Waals surface area contributed by atoms with Gasteiger partial charge in [-0.15, -0.1) is 0 Å². The third-order valence-corrected chi connectivity index (χ3v) is 4.00. The van der Waals surface area contributed by atoms with E-state index in [0.717, 1.165) is 5.56 Å². The van der Waals surface area contributed by atoms with E-state index in [1.54, 1.807) is 13.0 Å². The van der Waals surface area contributed by atoms with Gasteiger partial charge in [-0.2, -0.15) is 0 Å². The quantitative estimate of drug-likeness (QED) is 0.680. The number of aliphatic carboxylic acids is 1. The van der Waals surface area contributed by atoms with Crippen LogP contribution in [0.4, 0.5) is 11.4 Å². The number of nitrogens with zero attached hydrogens (tertiary/aromatic N) is 2. The van der Waals surface area contributed by atoms with E-state index < -0.39 is 23.2 Å². The Kier molecular flexibility index (Phi) is 3.80. The fourth-order valence-electron chi connectivity index (χ4n) is 2.88. The Hall–Kier alpha value is -3.16. The van der Waals surface area contributed by atoms with Gasteiger partial charge in [-0.05, 0) is 18.9 Å². The number of carboxylic acid groups (broad SMARTS) is 1. The van der Waals surface area contributed by atoms with Gasteiger partial charge in [0.2, 0.25) is 0 Å². The van der Waals surface area contributed by atoms with E-state index in [1.807, 2.05) is 0 Å². The summed E-state index contributed by atoms with van der Waals surface area (Å²) in [6.07, 6.45) is 1.53. The Labute approximate surface area is 136 Å². The standard InChI is InChI=1S/C16H14N2O6/c1-9-8-24-13(7-14(19)20)15(9)16(21)17-5-4-10-2-3-11(18(22)23)6-12(10)17/h2-3,6,8H,4-5,7H2,1H3,(H,19,20). The van der Waals surface area contributed by atoms with Crippen molar-refractivity contribution < 1.29 is 24.0 Å². The molecule has 0 radical (unpaired) electrons. The van der Waals surface area contributed by atoms with Crippen molar-refractivity contribution in [3.63, 3.8) is 0 Å². The van der Waals surface area contributed by atoms with Gasteiger partial charge in [0.15, 0.2) is 0 Å². The second-order valence-corrected chi connectivity index (χ2v) is 5.56. The molecule has 0 bridgehead atoms. The Morgan fingerprint density at radius 3 is 2.83 bits per heavy atom. The molecule has 1 aromatic carbocycles. The molecule has 0 fully saturated rings. The van der Waals surface area contributed by atoms with Crippen LogP contribution in [0.25, 0.3) is 0 Å². The minimum atomic E-state index is -1.10. The van der Waals surface area contributed by atoms with E-state index in [4.69, 9.17) is 9.52 Å². The molecule has 2 heterocycles. The monoisotopic (exact) mass is 330 g/mol. The SMILES string of the molecule is Cc1coc(CC(=O)O)c1C(=O)N1CCc2ccc([N+](=O)[O-])cc21. The highest BCUT2D eigenvalue weighted by molar-refractivity contribution is 6.09. The highest BCUT2D eigenvalue weighted by atomic mass is 16.6. The fraction of sp³-hybridized carbons (Fsp3) is 0.250. The molecule has 1 aliphatic rings. The summed E-state index contributed by atoms with van der Waals surface area (Å²) in [4.78, 5) is 35.7. The molecule has 8 nitrogen and oxygen atoms in total. The van der Waals surface area contributed by atoms with E-state index >= 15 is 0 Å². The molecular formula is C16H14N2O6. The lowest BCUT2D eigenvalue weighted by Crippen LogP contribution is -2.30. The van der Waals surface area contributed by atoms with E-state index in [1.165, 1.54) is 23.3 Å². The molecule has 0 spiro atoms. The molecular weight excluding hydrogens is 316 g/mol. The number of nitro benzene ring substituents is 1. The fourth-order valence-corrected chi connectivity index (χ4v) is 2.88. The molecule has 1 aliphatic heterocycles. The number of amides is 1. The zero-order chi connectivity index (χ0) is 17.4. The second-order valence-electron chi connectivity index (χ2n) is 5.56. The average molecular weight is 330 g/mol. The van der Waals surface area contributed by atoms with Crippen LogP contribution in [-0.4, -0.2) is 28.5 Å². The Balaban J connectivity index is 2.00. The number of benzene rings is 1. The molecule has 8 heteroatoms. The van der Waals surface area contributed by atoms with E-state index in [0.29, 0.717) is 24.2 Å². The number of non-ortho nitro benzene ring substituents is 1. The summed E-state index contributed by atoms with van der Waals surface area (Å²) in [5.74, 6) is -1.42. The van der Waals surface area contributed by atoms with Crippen LogP contribution in [0.3, 0.4) is 0 Å². The highest BCUT2D eigenvalue weighted by Gasteiger charge is 2.31. The van der Waals surface area contributed by atoms with E-state index in [-0.39, 0.29) is 17.0 Å². The van der Waals surface area contributed by atoms with Crippen LogP contribution in [0.15, 0.2) is 28.9 Å². The predicted molar refractivity (Wildman–Crippen MR) is 83.3 cm³/mol. The van der Waals surface area contributed by atoms with Crippen LogP contribution < -0.4 is 4.90 Å². The first-order valence-corrected chi connectivity index (χ1v) is 7.26. The predicted octanol–water partition coefficient (Wildman–Crippen LogP) is 2.33. The van der Waals surface area contributed by atoms with Gasteiger partial charge in [0, 0.05) is 24.2 Å². The smallest absolute Gasteiger partial charge is 0.311 e. The lowest BCUT2D eigenvalue weighted by atomic mass is 10.1. The molecule has 0 unspecified atom stereocenters. The van der Waals surface area contributed by atoms with Crippen LogP contribution in [0.2, 0.25) is 0 Å². The van der Waals surface area contributed by atoms with Crippen molar-refractivity contribution in [2.24, 2.45) is 0 Å². The number of carbonyl (C=O) groups is 2. The van der Waals surface area contributed by atoms with Crippen LogP contribution >= 0.6 is 0 Å². The number of hydrogen-bond acceptors (Lipinski definition) is 5. The van der Waals surface area contributed by atoms with Gasteiger partial charge in [0.25, 0.3) is 11.6 Å². The molecule has 2 aromatic rings. The van der Waals surface area contributed by atoms with Crippen molar-refractivity contribution >= 4 is 23.3 Å².